The van der Waals surface area contributed by atoms with Gasteiger partial charge in [0.15, 0.2) is 11.5 Å². The highest BCUT2D eigenvalue weighted by Gasteiger charge is 2.19. The zero-order valence-electron chi connectivity index (χ0n) is 13.0. The second-order valence-electron chi connectivity index (χ2n) is 4.71. The standard InChI is InChI=1S/C16H14ClNO6S/c1-23-15-10-11(3-9-16(19)18-20)2-8-14(15)24-25(21,22)13-6-4-12(17)5-7-13/h2-10,20H,1H3,(H,18,19). The van der Waals surface area contributed by atoms with Gasteiger partial charge in [-0.25, -0.2) is 5.48 Å². The lowest BCUT2D eigenvalue weighted by Gasteiger charge is -2.11. The van der Waals surface area contributed by atoms with Crippen molar-refractivity contribution in [1.29, 1.82) is 0 Å². The number of hydrogen-bond acceptors (Lipinski definition) is 6. The predicted molar refractivity (Wildman–Crippen MR) is 91.2 cm³/mol. The number of hydroxylamine groups is 1. The number of hydrogen-bond donors (Lipinski definition) is 2. The average molecular weight is 384 g/mol. The monoisotopic (exact) mass is 383 g/mol. The number of amides is 1. The molecule has 132 valence electrons. The Morgan fingerprint density at radius 2 is 1.84 bits per heavy atom. The van der Waals surface area contributed by atoms with Gasteiger partial charge in [-0.1, -0.05) is 17.7 Å². The molecule has 2 aromatic rings. The normalized spacial score (nSPS) is 11.3. The van der Waals surface area contributed by atoms with E-state index in [1.165, 1.54) is 61.1 Å². The van der Waals surface area contributed by atoms with Gasteiger partial charge in [0.2, 0.25) is 0 Å². The first kappa shape index (κ1) is 18.8. The van der Waals surface area contributed by atoms with Crippen LogP contribution in [-0.2, 0) is 14.9 Å². The maximum absolute atomic E-state index is 12.3. The van der Waals surface area contributed by atoms with Crippen LogP contribution in [0.2, 0.25) is 5.02 Å². The topological polar surface area (TPSA) is 102 Å². The molecule has 9 heteroatoms. The van der Waals surface area contributed by atoms with E-state index in [9.17, 15) is 13.2 Å². The Morgan fingerprint density at radius 3 is 2.44 bits per heavy atom. The van der Waals surface area contributed by atoms with Crippen LogP contribution in [0.1, 0.15) is 5.56 Å². The lowest BCUT2D eigenvalue weighted by atomic mass is 10.2. The Balaban J connectivity index is 2.28. The molecule has 0 saturated carbocycles. The van der Waals surface area contributed by atoms with Crippen molar-refractivity contribution in [2.45, 2.75) is 4.90 Å². The summed E-state index contributed by atoms with van der Waals surface area (Å²) in [5.41, 5.74) is 2.00. The van der Waals surface area contributed by atoms with Crippen LogP contribution >= 0.6 is 11.6 Å². The number of benzene rings is 2. The molecule has 2 N–H and O–H groups in total. The van der Waals surface area contributed by atoms with Crippen LogP contribution in [0.4, 0.5) is 0 Å². The summed E-state index contributed by atoms with van der Waals surface area (Å²) in [7, 11) is -2.71. The maximum atomic E-state index is 12.3. The Labute approximate surface area is 149 Å². The summed E-state index contributed by atoms with van der Waals surface area (Å²) in [5, 5.41) is 8.84. The lowest BCUT2D eigenvalue weighted by molar-refractivity contribution is -0.124. The van der Waals surface area contributed by atoms with Crippen LogP contribution < -0.4 is 14.4 Å². The van der Waals surface area contributed by atoms with Crippen LogP contribution in [0.5, 0.6) is 11.5 Å². The highest BCUT2D eigenvalue weighted by Crippen LogP contribution is 2.31. The third kappa shape index (κ3) is 4.96. The molecule has 0 bridgehead atoms. The first-order chi connectivity index (χ1) is 11.9. The molecule has 0 heterocycles. The summed E-state index contributed by atoms with van der Waals surface area (Å²) < 4.78 is 34.8. The van der Waals surface area contributed by atoms with Crippen molar-refractivity contribution < 1.29 is 27.3 Å². The van der Waals surface area contributed by atoms with Crippen LogP contribution in [0.25, 0.3) is 6.08 Å². The second kappa shape index (κ2) is 8.02. The van der Waals surface area contributed by atoms with Gasteiger partial charge in [-0.2, -0.15) is 8.42 Å². The minimum absolute atomic E-state index is 0.0128. The van der Waals surface area contributed by atoms with Gasteiger partial charge in [0, 0.05) is 11.1 Å². The largest absolute Gasteiger partial charge is 0.493 e. The molecule has 0 aliphatic carbocycles. The molecule has 0 atom stereocenters. The number of rotatable bonds is 6. The van der Waals surface area contributed by atoms with Gasteiger partial charge >= 0.3 is 10.1 Å². The third-order valence-corrected chi connectivity index (χ3v) is 4.53. The van der Waals surface area contributed by atoms with Crippen LogP contribution in [0.3, 0.4) is 0 Å². The van der Waals surface area contributed by atoms with Crippen molar-refractivity contribution in [3.05, 3.63) is 59.1 Å². The summed E-state index contributed by atoms with van der Waals surface area (Å²) >= 11 is 5.74. The molecule has 7 nitrogen and oxygen atoms in total. The fraction of sp³-hybridized carbons (Fsp3) is 0.0625. The Morgan fingerprint density at radius 1 is 1.16 bits per heavy atom. The number of carbonyl (C=O) groups excluding carboxylic acids is 1. The summed E-state index contributed by atoms with van der Waals surface area (Å²) in [6, 6.07) is 9.93. The minimum atomic E-state index is -4.06. The van der Waals surface area contributed by atoms with E-state index in [1.54, 1.807) is 0 Å². The highest BCUT2D eigenvalue weighted by atomic mass is 35.5. The molecule has 2 aromatic carbocycles. The van der Waals surface area contributed by atoms with Crippen molar-refractivity contribution in [2.24, 2.45) is 0 Å². The quantitative estimate of drug-likeness (QED) is 0.344. The molecule has 25 heavy (non-hydrogen) atoms. The minimum Gasteiger partial charge on any atom is -0.493 e. The van der Waals surface area contributed by atoms with E-state index in [-0.39, 0.29) is 16.4 Å². The second-order valence-corrected chi connectivity index (χ2v) is 6.69. The van der Waals surface area contributed by atoms with Gasteiger partial charge in [-0.3, -0.25) is 10.0 Å². The maximum Gasteiger partial charge on any atom is 0.339 e. The number of halogens is 1. The molecular weight excluding hydrogens is 370 g/mol. The molecule has 0 unspecified atom stereocenters. The molecule has 0 spiro atoms. The molecule has 0 aliphatic heterocycles. The van der Waals surface area contributed by atoms with Gasteiger partial charge in [0.1, 0.15) is 4.90 Å². The zero-order chi connectivity index (χ0) is 18.4. The number of methoxy groups -OCH3 is 1. The Bertz CT molecular complexity index is 893. The zero-order valence-corrected chi connectivity index (χ0v) is 14.5. The van der Waals surface area contributed by atoms with Crippen molar-refractivity contribution in [2.75, 3.05) is 7.11 Å². The first-order valence-corrected chi connectivity index (χ1v) is 8.64. The van der Waals surface area contributed by atoms with E-state index in [0.29, 0.717) is 10.6 Å². The number of carbonyl (C=O) groups is 1. The van der Waals surface area contributed by atoms with Gasteiger partial charge < -0.3 is 8.92 Å². The van der Waals surface area contributed by atoms with Crippen molar-refractivity contribution in [3.8, 4) is 11.5 Å². The van der Waals surface area contributed by atoms with Gasteiger partial charge in [0.05, 0.1) is 7.11 Å². The molecule has 2 rings (SSSR count). The predicted octanol–water partition coefficient (Wildman–Crippen LogP) is 2.63. The summed E-state index contributed by atoms with van der Waals surface area (Å²) in [6.07, 6.45) is 2.51. The van der Waals surface area contributed by atoms with Crippen LogP contribution in [-0.4, -0.2) is 26.6 Å². The smallest absolute Gasteiger partial charge is 0.339 e. The van der Waals surface area contributed by atoms with Crippen molar-refractivity contribution >= 4 is 33.7 Å². The van der Waals surface area contributed by atoms with Gasteiger partial charge in [-0.15, -0.1) is 0 Å². The van der Waals surface area contributed by atoms with E-state index >= 15 is 0 Å². The van der Waals surface area contributed by atoms with Crippen molar-refractivity contribution in [1.82, 2.24) is 5.48 Å². The number of nitrogens with one attached hydrogen (secondary N) is 1. The Kier molecular flexibility index (Phi) is 6.02. The van der Waals surface area contributed by atoms with Crippen LogP contribution in [0.15, 0.2) is 53.4 Å². The third-order valence-electron chi connectivity index (χ3n) is 3.03. The van der Waals surface area contributed by atoms with E-state index in [0.717, 1.165) is 6.08 Å². The fourth-order valence-corrected chi connectivity index (χ4v) is 2.90. The average Bonchev–Trinajstić information content (AvgIpc) is 2.60. The first-order valence-electron chi connectivity index (χ1n) is 6.86. The summed E-state index contributed by atoms with van der Waals surface area (Å²) in [6.45, 7) is 0. The lowest BCUT2D eigenvalue weighted by Crippen LogP contribution is -2.14. The van der Waals surface area contributed by atoms with Crippen LogP contribution in [0, 0.1) is 0 Å². The van der Waals surface area contributed by atoms with Gasteiger partial charge in [0.25, 0.3) is 5.91 Å². The Hall–Kier alpha value is -2.55. The van der Waals surface area contributed by atoms with E-state index < -0.39 is 16.0 Å². The molecule has 0 radical (unpaired) electrons. The van der Waals surface area contributed by atoms with Crippen molar-refractivity contribution in [3.63, 3.8) is 0 Å². The fourth-order valence-electron chi connectivity index (χ4n) is 1.83. The molecule has 0 aromatic heterocycles. The van der Waals surface area contributed by atoms with E-state index in [2.05, 4.69) is 0 Å². The molecule has 0 fully saturated rings. The van der Waals surface area contributed by atoms with Gasteiger partial charge in [-0.05, 0) is 48.0 Å². The molecular formula is C16H14ClNO6S. The molecule has 0 aliphatic rings. The number of ether oxygens (including phenoxy) is 1. The SMILES string of the molecule is COc1cc(C=CC(=O)NO)ccc1OS(=O)(=O)c1ccc(Cl)cc1. The summed E-state index contributed by atoms with van der Waals surface area (Å²) in [4.78, 5) is 10.9. The molecule has 0 saturated heterocycles. The van der Waals surface area contributed by atoms with E-state index in [1.807, 2.05) is 0 Å². The summed E-state index contributed by atoms with van der Waals surface area (Å²) in [5.74, 6) is -0.560. The highest BCUT2D eigenvalue weighted by molar-refractivity contribution is 7.87. The molecule has 1 amide bonds. The van der Waals surface area contributed by atoms with E-state index in [4.69, 9.17) is 25.7 Å².